The van der Waals surface area contributed by atoms with E-state index >= 15 is 0 Å². The standard InChI is InChI=1S/C20H28N4O2.HI/c1-5-21-20(24-14-17-10-11-19(25-4)22-13-17)23-12-16(3)26-18-9-7-6-8-15(18)2;/h6-11,13,16H,5,12,14H2,1-4H3,(H2,21,23,24);1H. The molecular formula is C20H29IN4O2. The van der Waals surface area contributed by atoms with Gasteiger partial charge in [0.15, 0.2) is 5.96 Å². The van der Waals surface area contributed by atoms with E-state index in [9.17, 15) is 0 Å². The fourth-order valence-corrected chi connectivity index (χ4v) is 2.32. The van der Waals surface area contributed by atoms with E-state index in [-0.39, 0.29) is 30.1 Å². The molecule has 0 saturated heterocycles. The Bertz CT molecular complexity index is 707. The zero-order chi connectivity index (χ0) is 18.8. The monoisotopic (exact) mass is 484 g/mol. The number of aromatic nitrogens is 1. The van der Waals surface area contributed by atoms with Gasteiger partial charge < -0.3 is 20.1 Å². The Morgan fingerprint density at radius 3 is 2.59 bits per heavy atom. The van der Waals surface area contributed by atoms with Gasteiger partial charge in [-0.25, -0.2) is 9.98 Å². The second kappa shape index (κ2) is 12.4. The van der Waals surface area contributed by atoms with Crippen molar-refractivity contribution in [3.05, 3.63) is 53.7 Å². The minimum Gasteiger partial charge on any atom is -0.489 e. The fraction of sp³-hybridized carbons (Fsp3) is 0.400. The third-order valence-electron chi connectivity index (χ3n) is 3.75. The van der Waals surface area contributed by atoms with Crippen LogP contribution in [0, 0.1) is 6.92 Å². The van der Waals surface area contributed by atoms with Gasteiger partial charge in [0.1, 0.15) is 11.9 Å². The molecule has 1 aromatic heterocycles. The third kappa shape index (κ3) is 8.03. The fourth-order valence-electron chi connectivity index (χ4n) is 2.32. The molecule has 2 N–H and O–H groups in total. The summed E-state index contributed by atoms with van der Waals surface area (Å²) in [4.78, 5) is 8.79. The van der Waals surface area contributed by atoms with Gasteiger partial charge in [-0.1, -0.05) is 24.3 Å². The molecule has 0 saturated carbocycles. The van der Waals surface area contributed by atoms with Crippen molar-refractivity contribution in [2.24, 2.45) is 4.99 Å². The van der Waals surface area contributed by atoms with Crippen LogP contribution >= 0.6 is 24.0 Å². The molecule has 2 aromatic rings. The van der Waals surface area contributed by atoms with Crippen LogP contribution in [0.5, 0.6) is 11.6 Å². The lowest BCUT2D eigenvalue weighted by Crippen LogP contribution is -2.41. The molecule has 1 unspecified atom stereocenters. The number of pyridine rings is 1. The summed E-state index contributed by atoms with van der Waals surface area (Å²) >= 11 is 0. The highest BCUT2D eigenvalue weighted by Gasteiger charge is 2.07. The number of hydrogen-bond donors (Lipinski definition) is 2. The van der Waals surface area contributed by atoms with Gasteiger partial charge >= 0.3 is 0 Å². The average molecular weight is 484 g/mol. The Morgan fingerprint density at radius 2 is 1.96 bits per heavy atom. The summed E-state index contributed by atoms with van der Waals surface area (Å²) in [6.45, 7) is 8.11. The SMILES string of the molecule is CCNC(=NCc1ccc(OC)nc1)NCC(C)Oc1ccccc1C.I. The molecule has 27 heavy (non-hydrogen) atoms. The van der Waals surface area contributed by atoms with E-state index in [0.29, 0.717) is 19.0 Å². The summed E-state index contributed by atoms with van der Waals surface area (Å²) in [6.07, 6.45) is 1.79. The summed E-state index contributed by atoms with van der Waals surface area (Å²) in [5.41, 5.74) is 2.15. The van der Waals surface area contributed by atoms with Crippen LogP contribution < -0.4 is 20.1 Å². The largest absolute Gasteiger partial charge is 0.489 e. The van der Waals surface area contributed by atoms with Gasteiger partial charge in [-0.3, -0.25) is 0 Å². The minimum absolute atomic E-state index is 0. The van der Waals surface area contributed by atoms with Gasteiger partial charge in [-0.15, -0.1) is 24.0 Å². The molecule has 6 nitrogen and oxygen atoms in total. The first-order chi connectivity index (χ1) is 12.6. The van der Waals surface area contributed by atoms with E-state index < -0.39 is 0 Å². The second-order valence-electron chi connectivity index (χ2n) is 5.98. The van der Waals surface area contributed by atoms with Crippen LogP contribution in [0.2, 0.25) is 0 Å². The van der Waals surface area contributed by atoms with E-state index in [1.54, 1.807) is 13.3 Å². The highest BCUT2D eigenvalue weighted by Crippen LogP contribution is 2.17. The van der Waals surface area contributed by atoms with Crippen LogP contribution in [0.1, 0.15) is 25.0 Å². The molecular weight excluding hydrogens is 455 g/mol. The molecule has 2 rings (SSSR count). The van der Waals surface area contributed by atoms with Crippen molar-refractivity contribution in [2.75, 3.05) is 20.2 Å². The maximum absolute atomic E-state index is 5.99. The summed E-state index contributed by atoms with van der Waals surface area (Å²) < 4.78 is 11.1. The minimum atomic E-state index is 0. The first-order valence-electron chi connectivity index (χ1n) is 8.85. The molecule has 0 radical (unpaired) electrons. The highest BCUT2D eigenvalue weighted by atomic mass is 127. The average Bonchev–Trinajstić information content (AvgIpc) is 2.66. The number of para-hydroxylation sites is 1. The van der Waals surface area contributed by atoms with Crippen molar-refractivity contribution >= 4 is 29.9 Å². The molecule has 0 aliphatic carbocycles. The number of rotatable bonds is 8. The van der Waals surface area contributed by atoms with Gasteiger partial charge in [0.05, 0.1) is 20.2 Å². The van der Waals surface area contributed by atoms with Gasteiger partial charge in [0, 0.05) is 18.8 Å². The molecule has 7 heteroatoms. The molecule has 0 aliphatic rings. The molecule has 1 aromatic carbocycles. The van der Waals surface area contributed by atoms with E-state index in [1.807, 2.05) is 57.2 Å². The third-order valence-corrected chi connectivity index (χ3v) is 3.75. The highest BCUT2D eigenvalue weighted by molar-refractivity contribution is 14.0. The second-order valence-corrected chi connectivity index (χ2v) is 5.98. The predicted molar refractivity (Wildman–Crippen MR) is 120 cm³/mol. The van der Waals surface area contributed by atoms with Crippen molar-refractivity contribution in [3.63, 3.8) is 0 Å². The van der Waals surface area contributed by atoms with Gasteiger partial charge in [-0.2, -0.15) is 0 Å². The van der Waals surface area contributed by atoms with Gasteiger partial charge in [-0.05, 0) is 38.0 Å². The quantitative estimate of drug-likeness (QED) is 0.341. The molecule has 1 atom stereocenters. The van der Waals surface area contributed by atoms with Crippen LogP contribution in [-0.4, -0.2) is 37.2 Å². The smallest absolute Gasteiger partial charge is 0.212 e. The van der Waals surface area contributed by atoms with Crippen LogP contribution in [0.25, 0.3) is 0 Å². The van der Waals surface area contributed by atoms with Crippen LogP contribution in [0.3, 0.4) is 0 Å². The molecule has 0 spiro atoms. The topological polar surface area (TPSA) is 67.8 Å². The Labute approximate surface area is 178 Å². The summed E-state index contributed by atoms with van der Waals surface area (Å²) in [5.74, 6) is 2.27. The maximum Gasteiger partial charge on any atom is 0.212 e. The first kappa shape index (κ1) is 23.0. The molecule has 0 bridgehead atoms. The van der Waals surface area contributed by atoms with Crippen molar-refractivity contribution in [1.29, 1.82) is 0 Å². The molecule has 148 valence electrons. The van der Waals surface area contributed by atoms with Crippen LogP contribution in [0.15, 0.2) is 47.6 Å². The van der Waals surface area contributed by atoms with Crippen molar-refractivity contribution in [1.82, 2.24) is 15.6 Å². The van der Waals surface area contributed by atoms with E-state index in [2.05, 4.69) is 20.6 Å². The Kier molecular flexibility index (Phi) is 10.5. The molecule has 1 heterocycles. The normalized spacial score (nSPS) is 11.9. The predicted octanol–water partition coefficient (Wildman–Crippen LogP) is 3.54. The zero-order valence-corrected chi connectivity index (χ0v) is 18.7. The number of nitrogens with one attached hydrogen (secondary N) is 2. The number of aryl methyl sites for hydroxylation is 1. The lowest BCUT2D eigenvalue weighted by Gasteiger charge is -2.18. The van der Waals surface area contributed by atoms with Crippen molar-refractivity contribution in [2.45, 2.75) is 33.4 Å². The van der Waals surface area contributed by atoms with E-state index in [4.69, 9.17) is 9.47 Å². The maximum atomic E-state index is 5.99. The number of ether oxygens (including phenoxy) is 2. The van der Waals surface area contributed by atoms with E-state index in [0.717, 1.165) is 29.4 Å². The number of aliphatic imine (C=N–C) groups is 1. The van der Waals surface area contributed by atoms with E-state index in [1.165, 1.54) is 0 Å². The molecule has 0 amide bonds. The Balaban J connectivity index is 0.00000364. The van der Waals surface area contributed by atoms with Crippen molar-refractivity contribution in [3.8, 4) is 11.6 Å². The number of halogens is 1. The lowest BCUT2D eigenvalue weighted by molar-refractivity contribution is 0.222. The molecule has 0 aliphatic heterocycles. The zero-order valence-electron chi connectivity index (χ0n) is 16.4. The van der Waals surface area contributed by atoms with Crippen molar-refractivity contribution < 1.29 is 9.47 Å². The number of nitrogens with zero attached hydrogens (tertiary/aromatic N) is 2. The van der Waals surface area contributed by atoms with Gasteiger partial charge in [0.25, 0.3) is 0 Å². The molecule has 0 fully saturated rings. The Hall–Kier alpha value is -2.03. The summed E-state index contributed by atoms with van der Waals surface area (Å²) in [6, 6.07) is 11.8. The van der Waals surface area contributed by atoms with Crippen LogP contribution in [-0.2, 0) is 6.54 Å². The number of methoxy groups -OCH3 is 1. The lowest BCUT2D eigenvalue weighted by atomic mass is 10.2. The number of hydrogen-bond acceptors (Lipinski definition) is 4. The summed E-state index contributed by atoms with van der Waals surface area (Å²) in [7, 11) is 1.60. The van der Waals surface area contributed by atoms with Gasteiger partial charge in [0.2, 0.25) is 5.88 Å². The number of guanidine groups is 1. The summed E-state index contributed by atoms with van der Waals surface area (Å²) in [5, 5.41) is 6.57. The first-order valence-corrected chi connectivity index (χ1v) is 8.85. The number of benzene rings is 1. The Morgan fingerprint density at radius 1 is 1.19 bits per heavy atom. The van der Waals surface area contributed by atoms with Crippen LogP contribution in [0.4, 0.5) is 0 Å².